The van der Waals surface area contributed by atoms with E-state index in [4.69, 9.17) is 0 Å². The Balaban J connectivity index is 2.03. The topological polar surface area (TPSA) is 15.3 Å². The van der Waals surface area contributed by atoms with Gasteiger partial charge < -0.3 is 5.32 Å². The molecule has 1 N–H and O–H groups in total. The lowest BCUT2D eigenvalue weighted by atomic mass is 10.0. The molecule has 0 aliphatic carbocycles. The average molecular weight is 246 g/mol. The van der Waals surface area contributed by atoms with Gasteiger partial charge >= 0.3 is 0 Å². The lowest BCUT2D eigenvalue weighted by molar-refractivity contribution is 0.132. The molecule has 1 unspecified atom stereocenters. The molecular weight excluding hydrogens is 220 g/mol. The molecule has 2 rings (SSSR count). The van der Waals surface area contributed by atoms with Gasteiger partial charge in [0.1, 0.15) is 0 Å². The first-order chi connectivity index (χ1) is 8.77. The fraction of sp³-hybridized carbons (Fsp3) is 0.625. The number of rotatable bonds is 4. The Kier molecular flexibility index (Phi) is 5.21. The molecular formula is C16H26N2. The van der Waals surface area contributed by atoms with Crippen molar-refractivity contribution in [3.63, 3.8) is 0 Å². The number of hydrogen-bond acceptors (Lipinski definition) is 2. The van der Waals surface area contributed by atoms with E-state index in [0.29, 0.717) is 6.04 Å². The third-order valence-corrected chi connectivity index (χ3v) is 3.89. The van der Waals surface area contributed by atoms with Crippen molar-refractivity contribution in [2.45, 2.75) is 51.7 Å². The maximum absolute atomic E-state index is 3.51. The van der Waals surface area contributed by atoms with Gasteiger partial charge in [0.25, 0.3) is 0 Å². The molecule has 0 amide bonds. The maximum atomic E-state index is 3.51. The van der Waals surface area contributed by atoms with Crippen molar-refractivity contribution in [1.82, 2.24) is 10.2 Å². The van der Waals surface area contributed by atoms with Crippen LogP contribution in [0.4, 0.5) is 0 Å². The standard InChI is InChI=1S/C16H26N2/c1-14(2)18(13-15-7-4-3-5-8-15)16-9-6-11-17-12-10-16/h3-5,7-8,14,16-17H,6,9-13H2,1-2H3. The summed E-state index contributed by atoms with van der Waals surface area (Å²) in [6.07, 6.45) is 3.92. The summed E-state index contributed by atoms with van der Waals surface area (Å²) in [5, 5.41) is 3.51. The molecule has 1 aromatic carbocycles. The smallest absolute Gasteiger partial charge is 0.0239 e. The normalized spacial score (nSPS) is 21.2. The Hall–Kier alpha value is -0.860. The Morgan fingerprint density at radius 3 is 2.67 bits per heavy atom. The zero-order valence-corrected chi connectivity index (χ0v) is 11.7. The third kappa shape index (κ3) is 3.82. The fourth-order valence-corrected chi connectivity index (χ4v) is 2.86. The quantitative estimate of drug-likeness (QED) is 0.878. The summed E-state index contributed by atoms with van der Waals surface area (Å²) in [5.74, 6) is 0. The molecule has 0 radical (unpaired) electrons. The SMILES string of the molecule is CC(C)N(Cc1ccccc1)C1CCCNCC1. The van der Waals surface area contributed by atoms with Gasteiger partial charge in [-0.3, -0.25) is 4.90 Å². The van der Waals surface area contributed by atoms with Crippen molar-refractivity contribution >= 4 is 0 Å². The van der Waals surface area contributed by atoms with Crippen LogP contribution in [0.25, 0.3) is 0 Å². The Labute approximate surface area is 111 Å². The van der Waals surface area contributed by atoms with E-state index in [0.717, 1.165) is 12.6 Å². The molecule has 0 aromatic heterocycles. The van der Waals surface area contributed by atoms with Gasteiger partial charge in [-0.2, -0.15) is 0 Å². The number of hydrogen-bond donors (Lipinski definition) is 1. The monoisotopic (exact) mass is 246 g/mol. The molecule has 2 heteroatoms. The van der Waals surface area contributed by atoms with Gasteiger partial charge in [0, 0.05) is 18.6 Å². The van der Waals surface area contributed by atoms with Crippen LogP contribution >= 0.6 is 0 Å². The number of benzene rings is 1. The summed E-state index contributed by atoms with van der Waals surface area (Å²) in [5.41, 5.74) is 1.43. The van der Waals surface area contributed by atoms with Crippen molar-refractivity contribution in [2.24, 2.45) is 0 Å². The molecule has 1 saturated heterocycles. The summed E-state index contributed by atoms with van der Waals surface area (Å²) in [6.45, 7) is 8.09. The van der Waals surface area contributed by atoms with Crippen LogP contribution in [0.2, 0.25) is 0 Å². The molecule has 0 saturated carbocycles. The maximum Gasteiger partial charge on any atom is 0.0239 e. The van der Waals surface area contributed by atoms with Crippen LogP contribution in [0.1, 0.15) is 38.7 Å². The molecule has 1 aliphatic rings. The zero-order chi connectivity index (χ0) is 12.8. The van der Waals surface area contributed by atoms with Crippen LogP contribution < -0.4 is 5.32 Å². The van der Waals surface area contributed by atoms with Gasteiger partial charge in [-0.05, 0) is 51.8 Å². The Bertz CT molecular complexity index is 326. The van der Waals surface area contributed by atoms with E-state index in [1.54, 1.807) is 0 Å². The van der Waals surface area contributed by atoms with E-state index >= 15 is 0 Å². The van der Waals surface area contributed by atoms with Gasteiger partial charge in [-0.1, -0.05) is 30.3 Å². The minimum Gasteiger partial charge on any atom is -0.317 e. The third-order valence-electron chi connectivity index (χ3n) is 3.89. The van der Waals surface area contributed by atoms with Gasteiger partial charge in [0.2, 0.25) is 0 Å². The molecule has 1 aliphatic heterocycles. The first kappa shape index (κ1) is 13.6. The molecule has 1 aromatic rings. The lowest BCUT2D eigenvalue weighted by Gasteiger charge is -2.34. The first-order valence-electron chi connectivity index (χ1n) is 7.28. The molecule has 0 spiro atoms. The minimum atomic E-state index is 0.619. The van der Waals surface area contributed by atoms with Crippen LogP contribution in [0.3, 0.4) is 0 Å². The van der Waals surface area contributed by atoms with E-state index in [1.807, 2.05) is 0 Å². The Morgan fingerprint density at radius 2 is 1.94 bits per heavy atom. The van der Waals surface area contributed by atoms with Crippen LogP contribution in [-0.2, 0) is 6.54 Å². The second kappa shape index (κ2) is 6.91. The zero-order valence-electron chi connectivity index (χ0n) is 11.7. The molecule has 0 bridgehead atoms. The van der Waals surface area contributed by atoms with Crippen LogP contribution in [0, 0.1) is 0 Å². The van der Waals surface area contributed by atoms with E-state index in [2.05, 4.69) is 54.4 Å². The summed E-state index contributed by atoms with van der Waals surface area (Å²) >= 11 is 0. The molecule has 1 fully saturated rings. The summed E-state index contributed by atoms with van der Waals surface area (Å²) in [6, 6.07) is 12.2. The highest BCUT2D eigenvalue weighted by molar-refractivity contribution is 5.14. The molecule has 18 heavy (non-hydrogen) atoms. The van der Waals surface area contributed by atoms with Crippen molar-refractivity contribution in [1.29, 1.82) is 0 Å². The molecule has 2 nitrogen and oxygen atoms in total. The van der Waals surface area contributed by atoms with E-state index in [1.165, 1.54) is 37.9 Å². The van der Waals surface area contributed by atoms with Gasteiger partial charge in [0.05, 0.1) is 0 Å². The molecule has 100 valence electrons. The van der Waals surface area contributed by atoms with Gasteiger partial charge in [0.15, 0.2) is 0 Å². The highest BCUT2D eigenvalue weighted by Crippen LogP contribution is 2.19. The highest BCUT2D eigenvalue weighted by Gasteiger charge is 2.22. The number of nitrogens with zero attached hydrogens (tertiary/aromatic N) is 1. The second-order valence-electron chi connectivity index (χ2n) is 5.59. The van der Waals surface area contributed by atoms with Gasteiger partial charge in [-0.15, -0.1) is 0 Å². The van der Waals surface area contributed by atoms with Gasteiger partial charge in [-0.25, -0.2) is 0 Å². The molecule has 1 atom stereocenters. The van der Waals surface area contributed by atoms with Crippen molar-refractivity contribution in [2.75, 3.05) is 13.1 Å². The van der Waals surface area contributed by atoms with E-state index < -0.39 is 0 Å². The highest BCUT2D eigenvalue weighted by atomic mass is 15.2. The molecule has 1 heterocycles. The minimum absolute atomic E-state index is 0.619. The summed E-state index contributed by atoms with van der Waals surface area (Å²) in [4.78, 5) is 2.67. The Morgan fingerprint density at radius 1 is 1.17 bits per heavy atom. The van der Waals surface area contributed by atoms with Crippen molar-refractivity contribution in [3.05, 3.63) is 35.9 Å². The second-order valence-corrected chi connectivity index (χ2v) is 5.59. The van der Waals surface area contributed by atoms with E-state index in [-0.39, 0.29) is 0 Å². The van der Waals surface area contributed by atoms with Crippen LogP contribution in [-0.4, -0.2) is 30.1 Å². The van der Waals surface area contributed by atoms with Crippen molar-refractivity contribution in [3.8, 4) is 0 Å². The number of nitrogens with one attached hydrogen (secondary N) is 1. The predicted octanol–water partition coefficient (Wildman–Crippen LogP) is 3.04. The summed E-state index contributed by atoms with van der Waals surface area (Å²) in [7, 11) is 0. The fourth-order valence-electron chi connectivity index (χ4n) is 2.86. The first-order valence-corrected chi connectivity index (χ1v) is 7.28. The van der Waals surface area contributed by atoms with Crippen molar-refractivity contribution < 1.29 is 0 Å². The summed E-state index contributed by atoms with van der Waals surface area (Å²) < 4.78 is 0. The largest absolute Gasteiger partial charge is 0.317 e. The predicted molar refractivity (Wildman–Crippen MR) is 77.6 cm³/mol. The van der Waals surface area contributed by atoms with Crippen LogP contribution in [0.5, 0.6) is 0 Å². The lowest BCUT2D eigenvalue weighted by Crippen LogP contribution is -2.40. The van der Waals surface area contributed by atoms with E-state index in [9.17, 15) is 0 Å². The average Bonchev–Trinajstić information content (AvgIpc) is 2.65. The van der Waals surface area contributed by atoms with Crippen LogP contribution in [0.15, 0.2) is 30.3 Å².